The van der Waals surface area contributed by atoms with Gasteiger partial charge in [-0.05, 0) is 82.6 Å². The quantitative estimate of drug-likeness (QED) is 0.720. The third-order valence-corrected chi connectivity index (χ3v) is 8.64. The van der Waals surface area contributed by atoms with E-state index >= 15 is 0 Å². The zero-order chi connectivity index (χ0) is 19.7. The van der Waals surface area contributed by atoms with Crippen LogP contribution in [0, 0.1) is 11.8 Å². The normalized spacial score (nSPS) is 23.7. The first-order valence-electron chi connectivity index (χ1n) is 9.84. The molecular weight excluding hydrogens is 358 g/mol. The van der Waals surface area contributed by atoms with E-state index in [0.29, 0.717) is 17.6 Å². The van der Waals surface area contributed by atoms with Crippen LogP contribution in [0.15, 0.2) is 35.3 Å². The third-order valence-electron chi connectivity index (χ3n) is 5.86. The molecule has 0 saturated heterocycles. The second-order valence-electron chi connectivity index (χ2n) is 8.74. The lowest BCUT2D eigenvalue weighted by atomic mass is 9.80. The van der Waals surface area contributed by atoms with E-state index in [2.05, 4.69) is 6.08 Å². The monoisotopic (exact) mass is 389 g/mol. The standard InChI is InChI=1S/C22H31NO3S/c1-22(2,3)27(24,25)15-16-5-7-17(8-6-16)20-13-14-21(23-20)18-9-11-19(26-4)12-10-18/h9-12,14,16-17H,5-8,13,15H2,1-4H3. The van der Waals surface area contributed by atoms with Crippen molar-refractivity contribution in [3.05, 3.63) is 35.9 Å². The number of nitrogens with zero attached hydrogens (tertiary/aromatic N) is 1. The van der Waals surface area contributed by atoms with Crippen molar-refractivity contribution < 1.29 is 13.2 Å². The molecule has 1 heterocycles. The summed E-state index contributed by atoms with van der Waals surface area (Å²) in [6.07, 6.45) is 7.18. The summed E-state index contributed by atoms with van der Waals surface area (Å²) in [4.78, 5) is 4.90. The van der Waals surface area contributed by atoms with Gasteiger partial charge in [0.25, 0.3) is 0 Å². The summed E-state index contributed by atoms with van der Waals surface area (Å²) in [7, 11) is -1.37. The number of methoxy groups -OCH3 is 1. The highest BCUT2D eigenvalue weighted by Gasteiger charge is 2.34. The molecule has 0 atom stereocenters. The number of sulfone groups is 1. The summed E-state index contributed by atoms with van der Waals surface area (Å²) >= 11 is 0. The average Bonchev–Trinajstić information content (AvgIpc) is 3.11. The molecule has 0 unspecified atom stereocenters. The van der Waals surface area contributed by atoms with E-state index in [4.69, 9.17) is 9.73 Å². The molecule has 1 fully saturated rings. The molecule has 4 nitrogen and oxygen atoms in total. The van der Waals surface area contributed by atoms with Crippen molar-refractivity contribution in [3.8, 4) is 5.75 Å². The van der Waals surface area contributed by atoms with Gasteiger partial charge < -0.3 is 4.74 Å². The lowest BCUT2D eigenvalue weighted by molar-refractivity contribution is 0.342. The predicted octanol–water partition coefficient (Wildman–Crippen LogP) is 4.90. The van der Waals surface area contributed by atoms with Crippen molar-refractivity contribution in [2.45, 2.75) is 57.6 Å². The van der Waals surface area contributed by atoms with E-state index in [1.54, 1.807) is 27.9 Å². The van der Waals surface area contributed by atoms with Gasteiger partial charge in [0, 0.05) is 17.7 Å². The SMILES string of the molecule is COc1ccc(C2=CCC(C3CCC(CS(=O)(=O)C(C)(C)C)CC3)=N2)cc1. The van der Waals surface area contributed by atoms with Crippen LogP contribution in [0.1, 0.15) is 58.4 Å². The minimum atomic E-state index is -3.04. The maximum atomic E-state index is 12.5. The van der Waals surface area contributed by atoms with Crippen molar-refractivity contribution in [2.75, 3.05) is 12.9 Å². The van der Waals surface area contributed by atoms with Crippen LogP contribution in [0.5, 0.6) is 5.75 Å². The van der Waals surface area contributed by atoms with E-state index in [-0.39, 0.29) is 0 Å². The Hall–Kier alpha value is -1.62. The highest BCUT2D eigenvalue weighted by Crippen LogP contribution is 2.36. The Morgan fingerprint density at radius 2 is 1.70 bits per heavy atom. The molecule has 148 valence electrons. The van der Waals surface area contributed by atoms with Crippen LogP contribution < -0.4 is 4.74 Å². The summed E-state index contributed by atoms with van der Waals surface area (Å²) in [6.45, 7) is 5.40. The maximum Gasteiger partial charge on any atom is 0.155 e. The summed E-state index contributed by atoms with van der Waals surface area (Å²) < 4.78 is 29.5. The van der Waals surface area contributed by atoms with Crippen molar-refractivity contribution in [2.24, 2.45) is 16.8 Å². The molecule has 5 heteroatoms. The third kappa shape index (κ3) is 4.63. The fourth-order valence-electron chi connectivity index (χ4n) is 3.87. The summed E-state index contributed by atoms with van der Waals surface area (Å²) in [6, 6.07) is 8.02. The summed E-state index contributed by atoms with van der Waals surface area (Å²) in [5.41, 5.74) is 3.43. The second kappa shape index (κ2) is 7.78. The van der Waals surface area contributed by atoms with Gasteiger partial charge in [0.15, 0.2) is 9.84 Å². The minimum absolute atomic E-state index is 0.293. The van der Waals surface area contributed by atoms with Crippen LogP contribution in [-0.2, 0) is 9.84 Å². The van der Waals surface area contributed by atoms with E-state index in [9.17, 15) is 8.42 Å². The number of aliphatic imine (C=N–C) groups is 1. The number of hydrogen-bond acceptors (Lipinski definition) is 4. The van der Waals surface area contributed by atoms with Crippen molar-refractivity contribution in [1.82, 2.24) is 0 Å². The van der Waals surface area contributed by atoms with Gasteiger partial charge in [-0.15, -0.1) is 0 Å². The predicted molar refractivity (Wildman–Crippen MR) is 112 cm³/mol. The molecule has 1 aromatic rings. The topological polar surface area (TPSA) is 55.7 Å². The van der Waals surface area contributed by atoms with E-state index in [0.717, 1.165) is 49.1 Å². The smallest absolute Gasteiger partial charge is 0.155 e. The molecule has 0 radical (unpaired) electrons. The Balaban J connectivity index is 1.57. The van der Waals surface area contributed by atoms with Gasteiger partial charge in [-0.3, -0.25) is 4.99 Å². The van der Waals surface area contributed by atoms with Crippen LogP contribution in [0.4, 0.5) is 0 Å². The molecule has 1 aromatic carbocycles. The van der Waals surface area contributed by atoms with Crippen molar-refractivity contribution >= 4 is 21.2 Å². The van der Waals surface area contributed by atoms with E-state index in [1.165, 1.54) is 5.71 Å². The first-order valence-corrected chi connectivity index (χ1v) is 11.5. The highest BCUT2D eigenvalue weighted by atomic mass is 32.2. The number of rotatable bonds is 5. The van der Waals surface area contributed by atoms with Crippen molar-refractivity contribution in [3.63, 3.8) is 0 Å². The molecular formula is C22H31NO3S. The largest absolute Gasteiger partial charge is 0.497 e. The van der Waals surface area contributed by atoms with Gasteiger partial charge in [0.05, 0.1) is 23.3 Å². The number of allylic oxidation sites excluding steroid dienone is 1. The Kier molecular flexibility index (Phi) is 5.80. The van der Waals surface area contributed by atoms with Gasteiger partial charge >= 0.3 is 0 Å². The van der Waals surface area contributed by atoms with Crippen molar-refractivity contribution in [1.29, 1.82) is 0 Å². The van der Waals surface area contributed by atoms with Crippen LogP contribution >= 0.6 is 0 Å². The fraction of sp³-hybridized carbons (Fsp3) is 0.591. The first-order chi connectivity index (χ1) is 12.7. The number of ether oxygens (including phenoxy) is 1. The minimum Gasteiger partial charge on any atom is -0.497 e. The summed E-state index contributed by atoms with van der Waals surface area (Å²) in [5.74, 6) is 1.96. The Labute approximate surface area is 163 Å². The molecule has 1 aliphatic carbocycles. The lowest BCUT2D eigenvalue weighted by Crippen LogP contribution is -2.34. The van der Waals surface area contributed by atoms with Gasteiger partial charge in [0.1, 0.15) is 5.75 Å². The molecule has 3 rings (SSSR count). The van der Waals surface area contributed by atoms with Gasteiger partial charge in [-0.1, -0.05) is 6.08 Å². The Morgan fingerprint density at radius 1 is 1.07 bits per heavy atom. The average molecular weight is 390 g/mol. The van der Waals surface area contributed by atoms with Crippen LogP contribution in [0.25, 0.3) is 5.70 Å². The summed E-state index contributed by atoms with van der Waals surface area (Å²) in [5, 5.41) is 0. The highest BCUT2D eigenvalue weighted by molar-refractivity contribution is 7.92. The molecule has 0 bridgehead atoms. The Bertz CT molecular complexity index is 821. The molecule has 0 N–H and O–H groups in total. The lowest BCUT2D eigenvalue weighted by Gasteiger charge is -2.30. The molecule has 0 spiro atoms. The number of benzene rings is 1. The Morgan fingerprint density at radius 3 is 2.26 bits per heavy atom. The zero-order valence-electron chi connectivity index (χ0n) is 16.9. The second-order valence-corrected chi connectivity index (χ2v) is 11.5. The van der Waals surface area contributed by atoms with Gasteiger partial charge in [-0.2, -0.15) is 0 Å². The molecule has 1 saturated carbocycles. The molecule has 0 aromatic heterocycles. The molecule has 27 heavy (non-hydrogen) atoms. The number of hydrogen-bond donors (Lipinski definition) is 0. The van der Waals surface area contributed by atoms with Gasteiger partial charge in [-0.25, -0.2) is 8.42 Å². The van der Waals surface area contributed by atoms with Crippen LogP contribution in [-0.4, -0.2) is 31.7 Å². The van der Waals surface area contributed by atoms with Gasteiger partial charge in [0.2, 0.25) is 0 Å². The maximum absolute atomic E-state index is 12.5. The first kappa shape index (κ1) is 20.1. The molecule has 2 aliphatic rings. The molecule has 1 aliphatic heterocycles. The molecule has 0 amide bonds. The van der Waals surface area contributed by atoms with Crippen LogP contribution in [0.3, 0.4) is 0 Å². The van der Waals surface area contributed by atoms with E-state index < -0.39 is 14.6 Å². The fourth-order valence-corrected chi connectivity index (χ4v) is 5.33. The zero-order valence-corrected chi connectivity index (χ0v) is 17.7. The van der Waals surface area contributed by atoms with E-state index in [1.807, 2.05) is 24.3 Å². The van der Waals surface area contributed by atoms with Crippen LogP contribution in [0.2, 0.25) is 0 Å².